The summed E-state index contributed by atoms with van der Waals surface area (Å²) in [4.78, 5) is 9.39. The quantitative estimate of drug-likeness (QED) is 0.306. The Morgan fingerprint density at radius 3 is 2.19 bits per heavy atom. The van der Waals surface area contributed by atoms with Crippen LogP contribution < -0.4 is 4.40 Å². The Kier molecular flexibility index (Phi) is 4.30. The second-order valence-corrected chi connectivity index (χ2v) is 18.8. The number of benzene rings is 2. The van der Waals surface area contributed by atoms with Crippen LogP contribution in [0.5, 0.6) is 0 Å². The first kappa shape index (κ1) is 18.1. The van der Waals surface area contributed by atoms with Gasteiger partial charge in [0.05, 0.1) is 0 Å². The summed E-state index contributed by atoms with van der Waals surface area (Å²) in [6, 6.07) is 11.9. The number of rotatable bonds is 2. The van der Waals surface area contributed by atoms with Crippen LogP contribution >= 0.6 is 0 Å². The molecule has 0 amide bonds. The van der Waals surface area contributed by atoms with Gasteiger partial charge in [-0.2, -0.15) is 0 Å². The Balaban J connectivity index is 2.08. The summed E-state index contributed by atoms with van der Waals surface area (Å²) >= 11 is -2.42. The molecule has 0 spiro atoms. The molecule has 2 heterocycles. The van der Waals surface area contributed by atoms with Crippen molar-refractivity contribution in [1.29, 1.82) is 0 Å². The van der Waals surface area contributed by atoms with E-state index >= 15 is 0 Å². The number of aryl methyl sites for hydroxylation is 2. The molecule has 4 heteroatoms. The predicted molar refractivity (Wildman–Crippen MR) is 115 cm³/mol. The van der Waals surface area contributed by atoms with Crippen LogP contribution in [0.3, 0.4) is 0 Å². The number of hydrogen-bond acceptors (Lipinski definition) is 2. The monoisotopic (exact) mass is 420 g/mol. The third-order valence-electron chi connectivity index (χ3n) is 4.98. The molecule has 0 unspecified atom stereocenters. The molecule has 0 bridgehead atoms. The average molecular weight is 419 g/mol. The standard InChI is InChI=1S/C23H23FGeN2/c1-14-10-15(2)12-16(11-14)22-19-13-27-23-18(17(19)8-9-26-22)6-7-20(24)21(23)25(3,4)5/h6-13H,1-5H3. The normalized spacial score (nSPS) is 12.1. The van der Waals surface area contributed by atoms with Gasteiger partial charge in [-0.3, -0.25) is 0 Å². The van der Waals surface area contributed by atoms with Crippen LogP contribution in [0.15, 0.2) is 48.8 Å². The molecule has 0 fully saturated rings. The summed E-state index contributed by atoms with van der Waals surface area (Å²) in [5.74, 6) is 6.50. The fourth-order valence-electron chi connectivity index (χ4n) is 3.94. The Morgan fingerprint density at radius 2 is 1.52 bits per heavy atom. The molecule has 2 aromatic heterocycles. The number of halogens is 1. The number of aromatic nitrogens is 2. The SMILES string of the molecule is Cc1cc(C)cc(-c2nccc3c2cnc2[c]([Ge]([CH3])([CH3])[CH3])c(F)ccc23)c1. The zero-order valence-corrected chi connectivity index (χ0v) is 18.5. The van der Waals surface area contributed by atoms with Gasteiger partial charge in [-0.1, -0.05) is 0 Å². The van der Waals surface area contributed by atoms with E-state index in [9.17, 15) is 4.39 Å². The van der Waals surface area contributed by atoms with Gasteiger partial charge in [0, 0.05) is 0 Å². The van der Waals surface area contributed by atoms with Crippen molar-refractivity contribution in [2.24, 2.45) is 0 Å². The van der Waals surface area contributed by atoms with Gasteiger partial charge in [0.15, 0.2) is 0 Å². The summed E-state index contributed by atoms with van der Waals surface area (Å²) < 4.78 is 15.5. The Bertz CT molecular complexity index is 1170. The van der Waals surface area contributed by atoms with Crippen molar-refractivity contribution in [1.82, 2.24) is 9.97 Å². The zero-order valence-electron chi connectivity index (χ0n) is 16.4. The first-order valence-electron chi connectivity index (χ1n) is 9.21. The van der Waals surface area contributed by atoms with Gasteiger partial charge in [0.2, 0.25) is 0 Å². The van der Waals surface area contributed by atoms with E-state index in [-0.39, 0.29) is 5.82 Å². The molecule has 0 N–H and O–H groups in total. The van der Waals surface area contributed by atoms with Crippen LogP contribution in [0.2, 0.25) is 17.3 Å². The van der Waals surface area contributed by atoms with Crippen molar-refractivity contribution < 1.29 is 4.39 Å². The van der Waals surface area contributed by atoms with Crippen LogP contribution in [0, 0.1) is 19.7 Å². The van der Waals surface area contributed by atoms with Crippen LogP contribution in [0.1, 0.15) is 11.1 Å². The molecule has 27 heavy (non-hydrogen) atoms. The topological polar surface area (TPSA) is 25.8 Å². The fraction of sp³-hybridized carbons (Fsp3) is 0.217. The van der Waals surface area contributed by atoms with Crippen molar-refractivity contribution in [2.45, 2.75) is 31.1 Å². The van der Waals surface area contributed by atoms with Gasteiger partial charge in [-0.15, -0.1) is 0 Å². The minimum absolute atomic E-state index is 0.120. The number of fused-ring (bicyclic) bond motifs is 3. The molecule has 0 aliphatic rings. The number of hydrogen-bond donors (Lipinski definition) is 0. The van der Waals surface area contributed by atoms with E-state index in [0.717, 1.165) is 37.3 Å². The molecule has 4 rings (SSSR count). The second kappa shape index (κ2) is 6.41. The average Bonchev–Trinajstić information content (AvgIpc) is 2.58. The van der Waals surface area contributed by atoms with Gasteiger partial charge in [-0.05, 0) is 0 Å². The molecule has 0 aliphatic heterocycles. The van der Waals surface area contributed by atoms with Crippen molar-refractivity contribution in [3.8, 4) is 11.3 Å². The fourth-order valence-corrected chi connectivity index (χ4v) is 7.53. The maximum absolute atomic E-state index is 14.6. The van der Waals surface area contributed by atoms with E-state index in [1.54, 1.807) is 6.07 Å². The molecular weight excluding hydrogens is 396 g/mol. The van der Waals surface area contributed by atoms with Crippen molar-refractivity contribution in [3.63, 3.8) is 0 Å². The Labute approximate surface area is 161 Å². The van der Waals surface area contributed by atoms with Crippen LogP contribution in [0.25, 0.3) is 32.9 Å². The van der Waals surface area contributed by atoms with Crippen molar-refractivity contribution >= 4 is 39.3 Å². The van der Waals surface area contributed by atoms with E-state index in [0.29, 0.717) is 0 Å². The summed E-state index contributed by atoms with van der Waals surface area (Å²) in [5.41, 5.74) is 5.25. The van der Waals surface area contributed by atoms with Gasteiger partial charge in [-0.25, -0.2) is 0 Å². The molecule has 0 radical (unpaired) electrons. The minimum atomic E-state index is -2.42. The first-order valence-corrected chi connectivity index (χ1v) is 16.5. The second-order valence-electron chi connectivity index (χ2n) is 8.32. The zero-order chi connectivity index (χ0) is 19.3. The Hall–Kier alpha value is -2.27. The molecule has 0 aliphatic carbocycles. The molecule has 0 saturated heterocycles. The van der Waals surface area contributed by atoms with Crippen molar-refractivity contribution in [2.75, 3.05) is 0 Å². The molecule has 2 nitrogen and oxygen atoms in total. The summed E-state index contributed by atoms with van der Waals surface area (Å²) in [6.07, 6.45) is 3.71. The van der Waals surface area contributed by atoms with Gasteiger partial charge in [0.25, 0.3) is 0 Å². The molecule has 136 valence electrons. The van der Waals surface area contributed by atoms with Gasteiger partial charge in [0.1, 0.15) is 0 Å². The summed E-state index contributed by atoms with van der Waals surface area (Å²) in [7, 11) is 0. The van der Waals surface area contributed by atoms with Crippen LogP contribution in [-0.4, -0.2) is 23.2 Å². The van der Waals surface area contributed by atoms with Crippen LogP contribution in [0.4, 0.5) is 4.39 Å². The molecule has 0 saturated carbocycles. The third kappa shape index (κ3) is 3.14. The van der Waals surface area contributed by atoms with E-state index in [1.807, 2.05) is 24.5 Å². The molecule has 4 aromatic rings. The van der Waals surface area contributed by atoms with Gasteiger partial charge >= 0.3 is 162 Å². The van der Waals surface area contributed by atoms with E-state index < -0.39 is 13.3 Å². The van der Waals surface area contributed by atoms with E-state index in [1.165, 1.54) is 11.1 Å². The number of nitrogens with zero attached hydrogens (tertiary/aromatic N) is 2. The van der Waals surface area contributed by atoms with Crippen LogP contribution in [-0.2, 0) is 0 Å². The summed E-state index contributed by atoms with van der Waals surface area (Å²) in [5, 5.41) is 3.10. The van der Waals surface area contributed by atoms with Gasteiger partial charge < -0.3 is 0 Å². The third-order valence-corrected chi connectivity index (χ3v) is 9.12. The van der Waals surface area contributed by atoms with E-state index in [4.69, 9.17) is 4.98 Å². The Morgan fingerprint density at radius 1 is 0.815 bits per heavy atom. The molecule has 0 atom stereocenters. The maximum atomic E-state index is 14.6. The van der Waals surface area contributed by atoms with Crippen molar-refractivity contribution in [3.05, 3.63) is 65.7 Å². The predicted octanol–water partition coefficient (Wildman–Crippen LogP) is 5.75. The number of pyridine rings is 2. The summed E-state index contributed by atoms with van der Waals surface area (Å²) in [6.45, 7) is 4.19. The first-order chi connectivity index (χ1) is 12.8. The van der Waals surface area contributed by atoms with E-state index in [2.05, 4.69) is 54.3 Å². The molecular formula is C23H23FGeN2. The molecule has 2 aromatic carbocycles.